The zero-order chi connectivity index (χ0) is 23.4. The lowest BCUT2D eigenvalue weighted by molar-refractivity contribution is -0.139. The standard InChI is InChI=1S/C23H26ClF2N3O3/c1-3-31-21(23(30)29(24)11-14-4-6-15(7-5-14)22(27)28)19-17(25)8-9-18(20(19)26)32-12-16-10-13(16)2/h4-9,13,16,21H,3,10-12H2,1-2H3,(H3,27,28). The Labute approximate surface area is 190 Å². The first-order valence-electron chi connectivity index (χ1n) is 10.4. The van der Waals surface area contributed by atoms with Crippen molar-refractivity contribution in [2.45, 2.75) is 32.9 Å². The van der Waals surface area contributed by atoms with Crippen LogP contribution in [0.4, 0.5) is 8.78 Å². The van der Waals surface area contributed by atoms with Crippen molar-refractivity contribution in [2.24, 2.45) is 17.6 Å². The maximum Gasteiger partial charge on any atom is 0.271 e. The Morgan fingerprint density at radius 1 is 1.28 bits per heavy atom. The highest BCUT2D eigenvalue weighted by atomic mass is 35.5. The number of nitrogen functional groups attached to an aromatic ring is 1. The molecule has 0 saturated heterocycles. The van der Waals surface area contributed by atoms with Crippen molar-refractivity contribution in [2.75, 3.05) is 13.2 Å². The molecule has 6 nitrogen and oxygen atoms in total. The second-order valence-corrected chi connectivity index (χ2v) is 8.27. The van der Waals surface area contributed by atoms with Gasteiger partial charge in [-0.15, -0.1) is 0 Å². The Hall–Kier alpha value is -2.71. The molecule has 0 bridgehead atoms. The van der Waals surface area contributed by atoms with Crippen molar-refractivity contribution in [3.8, 4) is 5.75 Å². The Morgan fingerprint density at radius 2 is 1.94 bits per heavy atom. The molecule has 1 aliphatic rings. The summed E-state index contributed by atoms with van der Waals surface area (Å²) in [4.78, 5) is 13.0. The van der Waals surface area contributed by atoms with Crippen molar-refractivity contribution in [1.29, 1.82) is 5.41 Å². The number of carbonyl (C=O) groups excluding carboxylic acids is 1. The van der Waals surface area contributed by atoms with E-state index in [1.165, 1.54) is 6.07 Å². The minimum atomic E-state index is -1.57. The molecule has 172 valence electrons. The van der Waals surface area contributed by atoms with Gasteiger partial charge in [-0.05, 0) is 42.9 Å². The van der Waals surface area contributed by atoms with Crippen LogP contribution in [-0.4, -0.2) is 29.4 Å². The molecule has 0 spiro atoms. The number of hydrogen-bond acceptors (Lipinski definition) is 4. The van der Waals surface area contributed by atoms with Crippen molar-refractivity contribution in [1.82, 2.24) is 4.42 Å². The van der Waals surface area contributed by atoms with Crippen LogP contribution in [0.1, 0.15) is 43.1 Å². The average molecular weight is 466 g/mol. The fourth-order valence-corrected chi connectivity index (χ4v) is 3.56. The van der Waals surface area contributed by atoms with Crippen molar-refractivity contribution >= 4 is 23.5 Å². The Morgan fingerprint density at radius 3 is 2.50 bits per heavy atom. The van der Waals surface area contributed by atoms with Gasteiger partial charge in [-0.25, -0.2) is 13.2 Å². The molecule has 3 unspecified atom stereocenters. The zero-order valence-corrected chi connectivity index (χ0v) is 18.7. The largest absolute Gasteiger partial charge is 0.490 e. The van der Waals surface area contributed by atoms with E-state index in [-0.39, 0.29) is 24.7 Å². The van der Waals surface area contributed by atoms with Gasteiger partial charge in [0, 0.05) is 23.9 Å². The average Bonchev–Trinajstić information content (AvgIpc) is 3.47. The van der Waals surface area contributed by atoms with E-state index in [2.05, 4.69) is 6.92 Å². The first-order valence-corrected chi connectivity index (χ1v) is 10.7. The van der Waals surface area contributed by atoms with Gasteiger partial charge in [-0.3, -0.25) is 10.2 Å². The number of halogens is 3. The summed E-state index contributed by atoms with van der Waals surface area (Å²) >= 11 is 6.18. The number of ether oxygens (including phenoxy) is 2. The maximum absolute atomic E-state index is 15.2. The number of nitrogens with two attached hydrogens (primary N) is 1. The molecular formula is C23H26ClF2N3O3. The van der Waals surface area contributed by atoms with Gasteiger partial charge in [0.1, 0.15) is 11.7 Å². The molecule has 0 radical (unpaired) electrons. The Kier molecular flexibility index (Phi) is 7.69. The van der Waals surface area contributed by atoms with E-state index < -0.39 is 29.2 Å². The predicted molar refractivity (Wildman–Crippen MR) is 117 cm³/mol. The molecule has 0 aromatic heterocycles. The van der Waals surface area contributed by atoms with Crippen LogP contribution < -0.4 is 10.5 Å². The smallest absolute Gasteiger partial charge is 0.271 e. The summed E-state index contributed by atoms with van der Waals surface area (Å²) in [5.74, 6) is -2.05. The molecule has 1 amide bonds. The van der Waals surface area contributed by atoms with Crippen molar-refractivity contribution < 1.29 is 23.0 Å². The second-order valence-electron chi connectivity index (χ2n) is 7.86. The van der Waals surface area contributed by atoms with Gasteiger partial charge >= 0.3 is 0 Å². The lowest BCUT2D eigenvalue weighted by atomic mass is 10.1. The monoisotopic (exact) mass is 465 g/mol. The van der Waals surface area contributed by atoms with E-state index in [0.29, 0.717) is 29.6 Å². The summed E-state index contributed by atoms with van der Waals surface area (Å²) in [6, 6.07) is 8.82. The van der Waals surface area contributed by atoms with Crippen LogP contribution in [0.5, 0.6) is 5.75 Å². The van der Waals surface area contributed by atoms with Crippen LogP contribution in [0.15, 0.2) is 36.4 Å². The minimum absolute atomic E-state index is 0.0397. The molecule has 1 fully saturated rings. The summed E-state index contributed by atoms with van der Waals surface area (Å²) in [6.07, 6.45) is -0.568. The topological polar surface area (TPSA) is 88.6 Å². The molecule has 3 N–H and O–H groups in total. The van der Waals surface area contributed by atoms with E-state index in [1.807, 2.05) is 0 Å². The van der Waals surface area contributed by atoms with Gasteiger partial charge in [-0.2, -0.15) is 0 Å². The van der Waals surface area contributed by atoms with Gasteiger partial charge in [-0.1, -0.05) is 31.2 Å². The van der Waals surface area contributed by atoms with Crippen LogP contribution in [0.2, 0.25) is 0 Å². The quantitative estimate of drug-likeness (QED) is 0.306. The molecule has 0 aliphatic heterocycles. The molecule has 1 aliphatic carbocycles. The first-order chi connectivity index (χ1) is 15.2. The third-order valence-corrected chi connectivity index (χ3v) is 5.75. The summed E-state index contributed by atoms with van der Waals surface area (Å²) in [5, 5.41) is 7.43. The van der Waals surface area contributed by atoms with Crippen LogP contribution in [0.25, 0.3) is 0 Å². The Bertz CT molecular complexity index is 987. The molecular weight excluding hydrogens is 440 g/mol. The minimum Gasteiger partial charge on any atom is -0.490 e. The molecule has 3 atom stereocenters. The van der Waals surface area contributed by atoms with Crippen LogP contribution in [0, 0.1) is 28.9 Å². The molecule has 9 heteroatoms. The second kappa shape index (κ2) is 10.3. The fourth-order valence-electron chi connectivity index (χ4n) is 3.33. The van der Waals surface area contributed by atoms with Gasteiger partial charge in [0.2, 0.25) is 0 Å². The molecule has 2 aromatic rings. The van der Waals surface area contributed by atoms with E-state index in [1.54, 1.807) is 31.2 Å². The molecule has 0 heterocycles. The van der Waals surface area contributed by atoms with Gasteiger partial charge < -0.3 is 15.2 Å². The number of benzene rings is 2. The SMILES string of the molecule is CCOC(C(=O)N(Cl)Cc1ccc(C(=N)N)cc1)c1c(F)ccc(OCC2CC2C)c1F. The maximum atomic E-state index is 15.2. The normalized spacial score (nSPS) is 18.2. The number of amidine groups is 1. The number of carbonyl (C=O) groups is 1. The van der Waals surface area contributed by atoms with Crippen LogP contribution in [0.3, 0.4) is 0 Å². The Balaban J connectivity index is 1.79. The molecule has 3 rings (SSSR count). The first kappa shape index (κ1) is 23.9. The van der Waals surface area contributed by atoms with E-state index in [0.717, 1.165) is 16.9 Å². The highest BCUT2D eigenvalue weighted by Gasteiger charge is 2.35. The summed E-state index contributed by atoms with van der Waals surface area (Å²) in [5.41, 5.74) is 6.07. The number of nitrogens with zero attached hydrogens (tertiary/aromatic N) is 1. The summed E-state index contributed by atoms with van der Waals surface area (Å²) < 4.78 is 41.6. The highest BCUT2D eigenvalue weighted by Crippen LogP contribution is 2.39. The van der Waals surface area contributed by atoms with Gasteiger partial charge in [0.15, 0.2) is 17.7 Å². The number of hydrogen-bond donors (Lipinski definition) is 2. The van der Waals surface area contributed by atoms with Gasteiger partial charge in [0.05, 0.1) is 18.7 Å². The lowest BCUT2D eigenvalue weighted by Crippen LogP contribution is -2.30. The van der Waals surface area contributed by atoms with Crippen molar-refractivity contribution in [3.05, 3.63) is 64.7 Å². The van der Waals surface area contributed by atoms with E-state index in [9.17, 15) is 9.18 Å². The van der Waals surface area contributed by atoms with Crippen molar-refractivity contribution in [3.63, 3.8) is 0 Å². The fraction of sp³-hybridized carbons (Fsp3) is 0.391. The van der Waals surface area contributed by atoms with Crippen LogP contribution >= 0.6 is 11.8 Å². The summed E-state index contributed by atoms with van der Waals surface area (Å²) in [7, 11) is 0. The third-order valence-electron chi connectivity index (χ3n) is 5.47. The van der Waals surface area contributed by atoms with Gasteiger partial charge in [0.25, 0.3) is 5.91 Å². The number of nitrogens with one attached hydrogen (secondary N) is 1. The number of rotatable bonds is 10. The molecule has 32 heavy (non-hydrogen) atoms. The highest BCUT2D eigenvalue weighted by molar-refractivity contribution is 6.21. The van der Waals surface area contributed by atoms with Crippen LogP contribution in [-0.2, 0) is 16.1 Å². The zero-order valence-electron chi connectivity index (χ0n) is 17.9. The molecule has 2 aromatic carbocycles. The van der Waals surface area contributed by atoms with E-state index in [4.69, 9.17) is 32.4 Å². The molecule has 1 saturated carbocycles. The van der Waals surface area contributed by atoms with E-state index >= 15 is 4.39 Å². The lowest BCUT2D eigenvalue weighted by Gasteiger charge is -2.23. The summed E-state index contributed by atoms with van der Waals surface area (Å²) in [6.45, 7) is 4.02. The number of amides is 1. The predicted octanol–water partition coefficient (Wildman–Crippen LogP) is 4.54. The third kappa shape index (κ3) is 5.55.